The number of fused-ring (bicyclic) bond motifs is 2. The maximum absolute atomic E-state index is 13.2. The van der Waals surface area contributed by atoms with Gasteiger partial charge >= 0.3 is 6.03 Å². The number of nitrogens with one attached hydrogen (secondary N) is 1. The van der Waals surface area contributed by atoms with E-state index in [1.54, 1.807) is 22.3 Å². The Balaban J connectivity index is 1.53. The number of imide groups is 1. The van der Waals surface area contributed by atoms with Gasteiger partial charge in [0.25, 0.3) is 5.91 Å². The number of carbonyl (C=O) groups is 3. The average molecular weight is 395 g/mol. The van der Waals surface area contributed by atoms with Gasteiger partial charge in [-0.2, -0.15) is 0 Å². The highest BCUT2D eigenvalue weighted by atomic mass is 32.1. The fourth-order valence-electron chi connectivity index (χ4n) is 3.97. The van der Waals surface area contributed by atoms with Crippen LogP contribution in [0.15, 0.2) is 54.4 Å². The SMILES string of the molecule is C=CCN(Cc1cccs1)C(=O)CN1C(=O)NC2(CCc3ccccc32)C1=O. The molecule has 1 aliphatic heterocycles. The Morgan fingerprint density at radius 2 is 2.11 bits per heavy atom. The zero-order valence-electron chi connectivity index (χ0n) is 15.4. The van der Waals surface area contributed by atoms with Crippen LogP contribution in [0.3, 0.4) is 0 Å². The minimum absolute atomic E-state index is 0.270. The second kappa shape index (κ2) is 7.24. The molecule has 0 radical (unpaired) electrons. The van der Waals surface area contributed by atoms with Crippen LogP contribution in [-0.4, -0.2) is 40.7 Å². The Bertz CT molecular complexity index is 940. The first-order chi connectivity index (χ1) is 13.5. The Morgan fingerprint density at radius 3 is 2.86 bits per heavy atom. The number of amides is 4. The van der Waals surface area contributed by atoms with Gasteiger partial charge in [0.1, 0.15) is 12.1 Å². The number of hydrogen-bond acceptors (Lipinski definition) is 4. The molecule has 1 spiro atoms. The van der Waals surface area contributed by atoms with Gasteiger partial charge in [0.05, 0.1) is 6.54 Å². The van der Waals surface area contributed by atoms with Crippen LogP contribution in [0.4, 0.5) is 4.79 Å². The standard InChI is InChI=1S/C21H21N3O3S/c1-2-11-23(13-16-7-5-12-28-16)18(25)14-24-19(26)21(22-20(24)27)10-9-15-6-3-4-8-17(15)21/h2-8,12H,1,9-11,13-14H2,(H,22,27). The van der Waals surface area contributed by atoms with Crippen molar-refractivity contribution < 1.29 is 14.4 Å². The van der Waals surface area contributed by atoms with E-state index < -0.39 is 11.6 Å². The summed E-state index contributed by atoms with van der Waals surface area (Å²) in [6.07, 6.45) is 2.89. The van der Waals surface area contributed by atoms with Crippen LogP contribution >= 0.6 is 11.3 Å². The number of aryl methyl sites for hydroxylation is 1. The normalized spacial score (nSPS) is 20.4. The highest BCUT2D eigenvalue weighted by Gasteiger charge is 2.55. The lowest BCUT2D eigenvalue weighted by Gasteiger charge is -2.24. The second-order valence-electron chi connectivity index (χ2n) is 7.03. The van der Waals surface area contributed by atoms with Crippen LogP contribution in [0.1, 0.15) is 22.4 Å². The summed E-state index contributed by atoms with van der Waals surface area (Å²) in [5.74, 6) is -0.620. The van der Waals surface area contributed by atoms with Crippen molar-refractivity contribution in [2.24, 2.45) is 0 Å². The summed E-state index contributed by atoms with van der Waals surface area (Å²) in [7, 11) is 0. The summed E-state index contributed by atoms with van der Waals surface area (Å²) in [6.45, 7) is 4.22. The van der Waals surface area contributed by atoms with E-state index in [0.29, 0.717) is 19.5 Å². The van der Waals surface area contributed by atoms with Gasteiger partial charge in [0, 0.05) is 11.4 Å². The zero-order valence-corrected chi connectivity index (χ0v) is 16.2. The fraction of sp³-hybridized carbons (Fsp3) is 0.286. The Hall–Kier alpha value is -2.93. The van der Waals surface area contributed by atoms with E-state index >= 15 is 0 Å². The summed E-state index contributed by atoms with van der Waals surface area (Å²) in [4.78, 5) is 42.3. The molecular formula is C21H21N3O3S. The summed E-state index contributed by atoms with van der Waals surface area (Å²) in [6, 6.07) is 11.0. The van der Waals surface area contributed by atoms with Gasteiger partial charge in [-0.15, -0.1) is 17.9 Å². The third kappa shape index (κ3) is 3.01. The van der Waals surface area contributed by atoms with Crippen LogP contribution in [0, 0.1) is 0 Å². The lowest BCUT2D eigenvalue weighted by Crippen LogP contribution is -2.44. The van der Waals surface area contributed by atoms with Crippen molar-refractivity contribution in [1.82, 2.24) is 15.1 Å². The topological polar surface area (TPSA) is 69.7 Å². The van der Waals surface area contributed by atoms with E-state index in [2.05, 4.69) is 11.9 Å². The van der Waals surface area contributed by atoms with Gasteiger partial charge in [-0.3, -0.25) is 14.5 Å². The van der Waals surface area contributed by atoms with Crippen LogP contribution < -0.4 is 5.32 Å². The Labute approximate surface area is 167 Å². The lowest BCUT2D eigenvalue weighted by molar-refractivity contribution is -0.139. The molecule has 4 amide bonds. The Morgan fingerprint density at radius 1 is 1.29 bits per heavy atom. The van der Waals surface area contributed by atoms with Crippen molar-refractivity contribution in [3.05, 3.63) is 70.4 Å². The van der Waals surface area contributed by atoms with Gasteiger partial charge in [0.2, 0.25) is 5.91 Å². The molecule has 0 bridgehead atoms. The molecule has 4 rings (SSSR count). The molecule has 1 N–H and O–H groups in total. The van der Waals surface area contributed by atoms with Crippen LogP contribution in [0.2, 0.25) is 0 Å². The van der Waals surface area contributed by atoms with Gasteiger partial charge in [-0.05, 0) is 35.4 Å². The van der Waals surface area contributed by atoms with E-state index in [1.807, 2.05) is 41.8 Å². The number of hydrogen-bond donors (Lipinski definition) is 1. The maximum Gasteiger partial charge on any atom is 0.325 e. The molecule has 144 valence electrons. The number of rotatable bonds is 6. The predicted molar refractivity (Wildman–Crippen MR) is 107 cm³/mol. The molecule has 1 fully saturated rings. The molecule has 1 aliphatic carbocycles. The highest BCUT2D eigenvalue weighted by molar-refractivity contribution is 7.09. The quantitative estimate of drug-likeness (QED) is 0.604. The first kappa shape index (κ1) is 18.4. The van der Waals surface area contributed by atoms with Crippen molar-refractivity contribution in [3.8, 4) is 0 Å². The van der Waals surface area contributed by atoms with E-state index in [0.717, 1.165) is 27.3 Å². The molecule has 1 atom stereocenters. The van der Waals surface area contributed by atoms with Gasteiger partial charge in [-0.1, -0.05) is 36.4 Å². The summed E-state index contributed by atoms with van der Waals surface area (Å²) < 4.78 is 0. The van der Waals surface area contributed by atoms with Crippen molar-refractivity contribution in [1.29, 1.82) is 0 Å². The minimum Gasteiger partial charge on any atom is -0.332 e. The average Bonchev–Trinajstić information content (AvgIpc) is 3.38. The largest absolute Gasteiger partial charge is 0.332 e. The highest BCUT2D eigenvalue weighted by Crippen LogP contribution is 2.41. The number of thiophene rings is 1. The molecule has 0 saturated carbocycles. The number of nitrogens with zero attached hydrogens (tertiary/aromatic N) is 2. The minimum atomic E-state index is -1.04. The maximum atomic E-state index is 13.2. The van der Waals surface area contributed by atoms with Crippen molar-refractivity contribution in [2.75, 3.05) is 13.1 Å². The van der Waals surface area contributed by atoms with Crippen LogP contribution in [0.5, 0.6) is 0 Å². The number of urea groups is 1. The second-order valence-corrected chi connectivity index (χ2v) is 8.06. The molecule has 2 heterocycles. The molecule has 28 heavy (non-hydrogen) atoms. The number of benzene rings is 1. The fourth-order valence-corrected chi connectivity index (χ4v) is 4.69. The lowest BCUT2D eigenvalue weighted by atomic mass is 9.92. The zero-order chi connectivity index (χ0) is 19.7. The third-order valence-corrected chi connectivity index (χ3v) is 6.21. The van der Waals surface area contributed by atoms with E-state index in [1.165, 1.54) is 0 Å². The molecule has 1 aromatic carbocycles. The summed E-state index contributed by atoms with van der Waals surface area (Å²) in [5, 5.41) is 4.80. The van der Waals surface area contributed by atoms with E-state index in [9.17, 15) is 14.4 Å². The van der Waals surface area contributed by atoms with Crippen molar-refractivity contribution in [3.63, 3.8) is 0 Å². The summed E-state index contributed by atoms with van der Waals surface area (Å²) in [5.41, 5.74) is 0.866. The predicted octanol–water partition coefficient (Wildman–Crippen LogP) is 2.66. The first-order valence-corrected chi connectivity index (χ1v) is 10.1. The molecule has 1 aromatic heterocycles. The molecular weight excluding hydrogens is 374 g/mol. The van der Waals surface area contributed by atoms with Crippen molar-refractivity contribution in [2.45, 2.75) is 24.9 Å². The molecule has 1 saturated heterocycles. The van der Waals surface area contributed by atoms with Gasteiger partial charge in [0.15, 0.2) is 0 Å². The number of carbonyl (C=O) groups excluding carboxylic acids is 3. The van der Waals surface area contributed by atoms with E-state index in [-0.39, 0.29) is 18.4 Å². The molecule has 6 nitrogen and oxygen atoms in total. The molecule has 2 aliphatic rings. The van der Waals surface area contributed by atoms with Gasteiger partial charge in [-0.25, -0.2) is 4.79 Å². The molecule has 2 aromatic rings. The van der Waals surface area contributed by atoms with Crippen LogP contribution in [-0.2, 0) is 28.1 Å². The van der Waals surface area contributed by atoms with Gasteiger partial charge < -0.3 is 10.2 Å². The summed E-state index contributed by atoms with van der Waals surface area (Å²) >= 11 is 1.56. The van der Waals surface area contributed by atoms with E-state index in [4.69, 9.17) is 0 Å². The van der Waals surface area contributed by atoms with Crippen LogP contribution in [0.25, 0.3) is 0 Å². The Kier molecular flexibility index (Phi) is 4.77. The third-order valence-electron chi connectivity index (χ3n) is 5.34. The monoisotopic (exact) mass is 395 g/mol. The molecule has 7 heteroatoms. The first-order valence-electron chi connectivity index (χ1n) is 9.19. The van der Waals surface area contributed by atoms with Crippen molar-refractivity contribution >= 4 is 29.2 Å². The molecule has 1 unspecified atom stereocenters. The smallest absolute Gasteiger partial charge is 0.325 e.